The van der Waals surface area contributed by atoms with E-state index in [1.165, 1.54) is 32.9 Å². The Morgan fingerprint density at radius 1 is 1.24 bits per heavy atom. The van der Waals surface area contributed by atoms with Gasteiger partial charge in [-0.3, -0.25) is 9.59 Å². The lowest BCUT2D eigenvalue weighted by Crippen LogP contribution is -2.52. The van der Waals surface area contributed by atoms with Gasteiger partial charge in [-0.25, -0.2) is 8.42 Å². The van der Waals surface area contributed by atoms with Crippen LogP contribution in [0.15, 0.2) is 33.6 Å². The Balaban J connectivity index is 3.13. The zero-order valence-corrected chi connectivity index (χ0v) is 14.2. The lowest BCUT2D eigenvalue weighted by atomic mass is 10.2. The molecule has 1 amide bonds. The Kier molecular flexibility index (Phi) is 5.16. The summed E-state index contributed by atoms with van der Waals surface area (Å²) in [6, 6.07) is 4.71. The van der Waals surface area contributed by atoms with E-state index in [1.54, 1.807) is 12.1 Å². The average molecular weight is 378 g/mol. The molecule has 0 radical (unpaired) electrons. The molecule has 0 aromatic heterocycles. The lowest BCUT2D eigenvalue weighted by Gasteiger charge is -2.25. The summed E-state index contributed by atoms with van der Waals surface area (Å²) in [4.78, 5) is 22.8. The third-order valence-electron chi connectivity index (χ3n) is 3.06. The fourth-order valence-electron chi connectivity index (χ4n) is 1.46. The van der Waals surface area contributed by atoms with Crippen LogP contribution in [0.2, 0.25) is 0 Å². The molecule has 1 aromatic rings. The molecule has 0 unspecified atom stereocenters. The molecule has 1 rings (SSSR count). The molecular weight excluding hydrogens is 362 g/mol. The number of benzene rings is 1. The normalized spacial score (nSPS) is 13.5. The Hall–Kier alpha value is -1.41. The van der Waals surface area contributed by atoms with Crippen LogP contribution in [0.25, 0.3) is 0 Å². The summed E-state index contributed by atoms with van der Waals surface area (Å²) in [5.74, 6) is -2.10. The van der Waals surface area contributed by atoms with Gasteiger partial charge in [-0.15, -0.1) is 0 Å². The van der Waals surface area contributed by atoms with E-state index in [0.29, 0.717) is 4.47 Å². The van der Waals surface area contributed by atoms with Crippen LogP contribution in [0, 0.1) is 0 Å². The number of hydrogen-bond donors (Lipinski definition) is 2. The highest BCUT2D eigenvalue weighted by atomic mass is 79.9. The summed E-state index contributed by atoms with van der Waals surface area (Å²) in [6.07, 6.45) is 0. The van der Waals surface area contributed by atoms with E-state index in [1.807, 2.05) is 0 Å². The Bertz CT molecular complexity index is 652. The van der Waals surface area contributed by atoms with Gasteiger partial charge < -0.3 is 10.4 Å². The second-order valence-corrected chi connectivity index (χ2v) is 8.42. The van der Waals surface area contributed by atoms with Crippen molar-refractivity contribution < 1.29 is 23.1 Å². The molecule has 0 saturated carbocycles. The molecule has 0 spiro atoms. The number of halogens is 1. The zero-order chi connectivity index (χ0) is 16.4. The number of hydrogen-bond acceptors (Lipinski definition) is 4. The number of carbonyl (C=O) groups excluding carboxylic acids is 1. The van der Waals surface area contributed by atoms with Crippen LogP contribution in [-0.2, 0) is 19.4 Å². The van der Waals surface area contributed by atoms with E-state index in [2.05, 4.69) is 21.2 Å². The predicted octanol–water partition coefficient (Wildman–Crippen LogP) is 1.59. The van der Waals surface area contributed by atoms with Crippen LogP contribution in [0.1, 0.15) is 20.8 Å². The van der Waals surface area contributed by atoms with Crippen LogP contribution in [-0.4, -0.2) is 36.2 Å². The number of carbonyl (C=O) groups is 2. The monoisotopic (exact) mass is 377 g/mol. The predicted molar refractivity (Wildman–Crippen MR) is 80.6 cm³/mol. The SMILES string of the molecule is C[C@@H](NC(=O)C(C)(C)S(=O)(=O)c1ccc(Br)cc1)C(=O)O. The fraction of sp³-hybridized carbons (Fsp3) is 0.385. The number of nitrogens with one attached hydrogen (secondary N) is 1. The minimum absolute atomic E-state index is 0.00571. The minimum Gasteiger partial charge on any atom is -0.480 e. The smallest absolute Gasteiger partial charge is 0.325 e. The van der Waals surface area contributed by atoms with Crippen LogP contribution < -0.4 is 5.32 Å². The van der Waals surface area contributed by atoms with Crippen molar-refractivity contribution in [3.63, 3.8) is 0 Å². The summed E-state index contributed by atoms with van der Waals surface area (Å²) in [5, 5.41) is 11.0. The fourth-order valence-corrected chi connectivity index (χ4v) is 3.11. The summed E-state index contributed by atoms with van der Waals surface area (Å²) >= 11 is 3.20. The Morgan fingerprint density at radius 2 is 1.71 bits per heavy atom. The maximum Gasteiger partial charge on any atom is 0.325 e. The topological polar surface area (TPSA) is 101 Å². The summed E-state index contributed by atoms with van der Waals surface area (Å²) < 4.78 is 24.0. The number of carboxylic acids is 1. The van der Waals surface area contributed by atoms with Crippen LogP contribution in [0.5, 0.6) is 0 Å². The number of amides is 1. The second kappa shape index (κ2) is 6.15. The standard InChI is InChI=1S/C13H16BrNO5S/c1-8(11(16)17)15-12(18)13(2,3)21(19,20)10-6-4-9(14)5-7-10/h4-8H,1-3H3,(H,15,18)(H,16,17)/t8-/m1/s1. The largest absolute Gasteiger partial charge is 0.480 e. The highest BCUT2D eigenvalue weighted by Crippen LogP contribution is 2.26. The molecule has 1 aromatic carbocycles. The third kappa shape index (κ3) is 3.62. The van der Waals surface area contributed by atoms with Crippen molar-refractivity contribution in [3.8, 4) is 0 Å². The van der Waals surface area contributed by atoms with Gasteiger partial charge in [0.15, 0.2) is 9.84 Å². The molecule has 2 N–H and O–H groups in total. The Morgan fingerprint density at radius 3 is 2.14 bits per heavy atom. The summed E-state index contributed by atoms with van der Waals surface area (Å²) in [5.41, 5.74) is 0. The first-order chi connectivity index (χ1) is 9.50. The van der Waals surface area contributed by atoms with Crippen molar-refractivity contribution in [2.75, 3.05) is 0 Å². The van der Waals surface area contributed by atoms with Crippen molar-refractivity contribution >= 4 is 37.6 Å². The van der Waals surface area contributed by atoms with Gasteiger partial charge >= 0.3 is 5.97 Å². The van der Waals surface area contributed by atoms with E-state index in [9.17, 15) is 18.0 Å². The molecule has 0 aliphatic carbocycles. The van der Waals surface area contributed by atoms with E-state index in [0.717, 1.165) is 0 Å². The Labute approximate surface area is 131 Å². The number of rotatable bonds is 5. The van der Waals surface area contributed by atoms with Gasteiger partial charge in [-0.1, -0.05) is 15.9 Å². The van der Waals surface area contributed by atoms with Crippen LogP contribution in [0.4, 0.5) is 0 Å². The molecule has 1 atom stereocenters. The maximum atomic E-state index is 12.5. The summed E-state index contributed by atoms with van der Waals surface area (Å²) in [7, 11) is -3.95. The van der Waals surface area contributed by atoms with E-state index in [-0.39, 0.29) is 4.90 Å². The molecular formula is C13H16BrNO5S. The molecule has 0 bridgehead atoms. The zero-order valence-electron chi connectivity index (χ0n) is 11.8. The van der Waals surface area contributed by atoms with Gasteiger partial charge in [0, 0.05) is 4.47 Å². The van der Waals surface area contributed by atoms with Gasteiger partial charge in [0.1, 0.15) is 10.8 Å². The molecule has 21 heavy (non-hydrogen) atoms. The first-order valence-electron chi connectivity index (χ1n) is 6.04. The van der Waals surface area contributed by atoms with Crippen molar-refractivity contribution in [2.45, 2.75) is 36.5 Å². The van der Waals surface area contributed by atoms with Crippen molar-refractivity contribution in [2.24, 2.45) is 0 Å². The number of sulfone groups is 1. The van der Waals surface area contributed by atoms with Gasteiger partial charge in [-0.2, -0.15) is 0 Å². The molecule has 8 heteroatoms. The number of carboxylic acid groups (broad SMARTS) is 1. The van der Waals surface area contributed by atoms with Gasteiger partial charge in [0.25, 0.3) is 0 Å². The highest BCUT2D eigenvalue weighted by molar-refractivity contribution is 9.10. The summed E-state index contributed by atoms with van der Waals surface area (Å²) in [6.45, 7) is 3.76. The first kappa shape index (κ1) is 17.6. The minimum atomic E-state index is -3.95. The van der Waals surface area contributed by atoms with Crippen molar-refractivity contribution in [1.82, 2.24) is 5.32 Å². The average Bonchev–Trinajstić information content (AvgIpc) is 2.38. The van der Waals surface area contributed by atoms with E-state index < -0.39 is 32.5 Å². The molecule has 0 heterocycles. The molecule has 0 aliphatic rings. The highest BCUT2D eigenvalue weighted by Gasteiger charge is 2.43. The molecule has 6 nitrogen and oxygen atoms in total. The van der Waals surface area contributed by atoms with Gasteiger partial charge in [-0.05, 0) is 45.0 Å². The third-order valence-corrected chi connectivity index (χ3v) is 6.01. The molecule has 116 valence electrons. The van der Waals surface area contributed by atoms with Gasteiger partial charge in [0.2, 0.25) is 5.91 Å². The van der Waals surface area contributed by atoms with Crippen LogP contribution in [0.3, 0.4) is 0 Å². The van der Waals surface area contributed by atoms with E-state index >= 15 is 0 Å². The van der Waals surface area contributed by atoms with E-state index in [4.69, 9.17) is 5.11 Å². The first-order valence-corrected chi connectivity index (χ1v) is 8.31. The lowest BCUT2D eigenvalue weighted by molar-refractivity contribution is -0.141. The van der Waals surface area contributed by atoms with Crippen LogP contribution >= 0.6 is 15.9 Å². The quantitative estimate of drug-likeness (QED) is 0.811. The van der Waals surface area contributed by atoms with Crippen molar-refractivity contribution in [3.05, 3.63) is 28.7 Å². The number of aliphatic carboxylic acids is 1. The molecule has 0 fully saturated rings. The molecule has 0 saturated heterocycles. The van der Waals surface area contributed by atoms with Gasteiger partial charge in [0.05, 0.1) is 4.90 Å². The maximum absolute atomic E-state index is 12.5. The molecule has 0 aliphatic heterocycles. The van der Waals surface area contributed by atoms with Crippen molar-refractivity contribution in [1.29, 1.82) is 0 Å². The second-order valence-electron chi connectivity index (χ2n) is 5.00.